The lowest BCUT2D eigenvalue weighted by Gasteiger charge is -2.31. The monoisotopic (exact) mass is 481 g/mol. The smallest absolute Gasteiger partial charge is 0.296 e. The normalized spacial score (nSPS) is 20.2. The van der Waals surface area contributed by atoms with E-state index in [2.05, 4.69) is 42.2 Å². The minimum absolute atomic E-state index is 0.237. The van der Waals surface area contributed by atoms with E-state index in [4.69, 9.17) is 21.1 Å². The fraction of sp³-hybridized carbons (Fsp3) is 0.318. The van der Waals surface area contributed by atoms with Gasteiger partial charge in [0.25, 0.3) is 6.01 Å². The first-order chi connectivity index (χ1) is 16.5. The third-order valence-corrected chi connectivity index (χ3v) is 5.57. The van der Waals surface area contributed by atoms with Crippen molar-refractivity contribution >= 4 is 22.8 Å². The van der Waals surface area contributed by atoms with E-state index in [9.17, 15) is 10.2 Å². The van der Waals surface area contributed by atoms with Crippen molar-refractivity contribution in [1.82, 2.24) is 35.2 Å². The van der Waals surface area contributed by atoms with Crippen molar-refractivity contribution in [2.75, 3.05) is 13.2 Å². The van der Waals surface area contributed by atoms with Gasteiger partial charge in [-0.25, -0.2) is 4.98 Å². The number of fused-ring (bicyclic) bond motifs is 1. The van der Waals surface area contributed by atoms with Crippen LogP contribution in [0.2, 0.25) is 5.02 Å². The number of tetrazole rings is 1. The highest BCUT2D eigenvalue weighted by Gasteiger charge is 2.31. The molecule has 3 aromatic heterocycles. The summed E-state index contributed by atoms with van der Waals surface area (Å²) in [6.07, 6.45) is -1.49. The Kier molecular flexibility index (Phi) is 6.12. The standard InChI is InChI=1S/C22H20ClN7O4/c1-30-28-19(27-29-30)7-4-12-2-5-13(6-3-12)20-15(23)9-16-21(25-20)26-22(24-16)34-14-8-17(32)18(10-31)33-11-14/h2-3,5-6,9,14,17-18,31-32H,8,10-11H2,1H3,(H,24,25,26)/t14?,17-,18+/m0/s1. The number of aliphatic hydroxyl groups is 2. The molecule has 1 aliphatic rings. The van der Waals surface area contributed by atoms with Crippen molar-refractivity contribution in [2.45, 2.75) is 24.7 Å². The molecule has 12 heteroatoms. The van der Waals surface area contributed by atoms with E-state index < -0.39 is 18.3 Å². The molecule has 0 amide bonds. The molecule has 1 aliphatic heterocycles. The quantitative estimate of drug-likeness (QED) is 0.365. The SMILES string of the molecule is Cn1nnc(C#Cc2ccc(-c3nc4nc(OC5CO[C@H](CO)[C@@H](O)C5)[nH]c4cc3Cl)cc2)n1. The van der Waals surface area contributed by atoms with Gasteiger partial charge in [0.15, 0.2) is 5.65 Å². The lowest BCUT2D eigenvalue weighted by Crippen LogP contribution is -2.45. The molecule has 5 rings (SSSR count). The van der Waals surface area contributed by atoms with Crippen LogP contribution in [0.1, 0.15) is 17.8 Å². The Labute approximate surface area is 198 Å². The molecule has 1 aromatic carbocycles. The molecule has 0 spiro atoms. The second-order valence-corrected chi connectivity index (χ2v) is 8.17. The summed E-state index contributed by atoms with van der Waals surface area (Å²) in [5.74, 6) is 6.20. The fourth-order valence-corrected chi connectivity index (χ4v) is 3.83. The molecule has 0 aliphatic carbocycles. The van der Waals surface area contributed by atoms with E-state index in [-0.39, 0.29) is 19.2 Å². The Morgan fingerprint density at radius 2 is 2.09 bits per heavy atom. The number of halogens is 1. The number of aliphatic hydroxyl groups excluding tert-OH is 2. The molecule has 11 nitrogen and oxygen atoms in total. The fourth-order valence-electron chi connectivity index (χ4n) is 3.57. The molecule has 34 heavy (non-hydrogen) atoms. The number of aromatic amines is 1. The molecule has 174 valence electrons. The predicted molar refractivity (Wildman–Crippen MR) is 121 cm³/mol. The Morgan fingerprint density at radius 3 is 2.79 bits per heavy atom. The second-order valence-electron chi connectivity index (χ2n) is 7.76. The molecule has 3 N–H and O–H groups in total. The molecule has 0 radical (unpaired) electrons. The summed E-state index contributed by atoms with van der Waals surface area (Å²) in [6.45, 7) is -0.00286. The van der Waals surface area contributed by atoms with Gasteiger partial charge < -0.3 is 24.7 Å². The molecule has 1 unspecified atom stereocenters. The van der Waals surface area contributed by atoms with Crippen LogP contribution in [0.4, 0.5) is 0 Å². The summed E-state index contributed by atoms with van der Waals surface area (Å²) in [5, 5.41) is 31.3. The number of H-pyrrole nitrogens is 1. The minimum Gasteiger partial charge on any atom is -0.459 e. The number of imidazole rings is 1. The van der Waals surface area contributed by atoms with Crippen LogP contribution in [0.3, 0.4) is 0 Å². The van der Waals surface area contributed by atoms with Crippen molar-refractivity contribution in [3.8, 4) is 29.1 Å². The number of aryl methyl sites for hydroxylation is 1. The summed E-state index contributed by atoms with van der Waals surface area (Å²) in [5.41, 5.74) is 3.22. The molecule has 4 aromatic rings. The number of rotatable bonds is 4. The zero-order chi connectivity index (χ0) is 23.7. The van der Waals surface area contributed by atoms with Crippen LogP contribution in [-0.2, 0) is 11.8 Å². The Hall–Kier alpha value is -3.56. The highest BCUT2D eigenvalue weighted by molar-refractivity contribution is 6.33. The van der Waals surface area contributed by atoms with E-state index in [0.717, 1.165) is 11.1 Å². The first kappa shape index (κ1) is 22.2. The predicted octanol–water partition coefficient (Wildman–Crippen LogP) is 1.09. The van der Waals surface area contributed by atoms with Gasteiger partial charge in [-0.3, -0.25) is 0 Å². The first-order valence-electron chi connectivity index (χ1n) is 10.5. The molecule has 4 heterocycles. The van der Waals surface area contributed by atoms with Crippen molar-refractivity contribution in [3.05, 3.63) is 46.7 Å². The van der Waals surface area contributed by atoms with Gasteiger partial charge in [-0.2, -0.15) is 9.78 Å². The molecular weight excluding hydrogens is 462 g/mol. The molecule has 1 fully saturated rings. The maximum atomic E-state index is 10.0. The van der Waals surface area contributed by atoms with Gasteiger partial charge in [-0.05, 0) is 29.3 Å². The van der Waals surface area contributed by atoms with Crippen LogP contribution >= 0.6 is 11.6 Å². The largest absolute Gasteiger partial charge is 0.459 e. The third-order valence-electron chi connectivity index (χ3n) is 5.28. The van der Waals surface area contributed by atoms with Crippen LogP contribution < -0.4 is 4.74 Å². The van der Waals surface area contributed by atoms with Gasteiger partial charge in [0.05, 0.1) is 42.6 Å². The van der Waals surface area contributed by atoms with Crippen LogP contribution in [0.5, 0.6) is 6.01 Å². The molecule has 0 bridgehead atoms. The maximum Gasteiger partial charge on any atom is 0.296 e. The van der Waals surface area contributed by atoms with Crippen molar-refractivity contribution in [3.63, 3.8) is 0 Å². The Balaban J connectivity index is 1.33. The summed E-state index contributed by atoms with van der Waals surface area (Å²) in [6, 6.07) is 9.44. The van der Waals surface area contributed by atoms with Gasteiger partial charge in [-0.1, -0.05) is 34.8 Å². The van der Waals surface area contributed by atoms with Crippen molar-refractivity contribution in [2.24, 2.45) is 7.05 Å². The lowest BCUT2D eigenvalue weighted by molar-refractivity contribution is -0.131. The average molecular weight is 482 g/mol. The van der Waals surface area contributed by atoms with Crippen molar-refractivity contribution < 1.29 is 19.7 Å². The highest BCUT2D eigenvalue weighted by atomic mass is 35.5. The third kappa shape index (κ3) is 4.71. The highest BCUT2D eigenvalue weighted by Crippen LogP contribution is 2.30. The minimum atomic E-state index is -0.808. The summed E-state index contributed by atoms with van der Waals surface area (Å²) >= 11 is 6.49. The number of aromatic nitrogens is 7. The molecule has 0 saturated carbocycles. The number of pyridine rings is 1. The van der Waals surface area contributed by atoms with Crippen molar-refractivity contribution in [1.29, 1.82) is 0 Å². The Bertz CT molecular complexity index is 1380. The van der Waals surface area contributed by atoms with Gasteiger partial charge >= 0.3 is 0 Å². The number of hydrogen-bond acceptors (Lipinski definition) is 9. The van der Waals surface area contributed by atoms with Crippen LogP contribution in [-0.4, -0.2) is 76.9 Å². The van der Waals surface area contributed by atoms with Gasteiger partial charge in [0.1, 0.15) is 12.2 Å². The number of nitrogens with zero attached hydrogens (tertiary/aromatic N) is 6. The van der Waals surface area contributed by atoms with Crippen LogP contribution in [0.15, 0.2) is 30.3 Å². The lowest BCUT2D eigenvalue weighted by atomic mass is 10.0. The average Bonchev–Trinajstić information content (AvgIpc) is 3.42. The summed E-state index contributed by atoms with van der Waals surface area (Å²) in [4.78, 5) is 13.4. The molecular formula is C22H20ClN7O4. The summed E-state index contributed by atoms with van der Waals surface area (Å²) < 4.78 is 11.2. The van der Waals surface area contributed by atoms with E-state index in [1.807, 2.05) is 24.3 Å². The Morgan fingerprint density at radius 1 is 1.26 bits per heavy atom. The number of nitrogens with one attached hydrogen (secondary N) is 1. The van der Waals surface area contributed by atoms with E-state index >= 15 is 0 Å². The van der Waals surface area contributed by atoms with Crippen LogP contribution in [0, 0.1) is 11.8 Å². The molecule has 3 atom stereocenters. The molecule has 1 saturated heterocycles. The number of ether oxygens (including phenoxy) is 2. The van der Waals surface area contributed by atoms with Gasteiger partial charge in [0.2, 0.25) is 5.82 Å². The second kappa shape index (κ2) is 9.36. The summed E-state index contributed by atoms with van der Waals surface area (Å²) in [7, 11) is 1.68. The number of hydrogen-bond donors (Lipinski definition) is 3. The van der Waals surface area contributed by atoms with E-state index in [1.165, 1.54) is 4.80 Å². The van der Waals surface area contributed by atoms with E-state index in [1.54, 1.807) is 13.1 Å². The van der Waals surface area contributed by atoms with Crippen LogP contribution in [0.25, 0.3) is 22.4 Å². The topological polar surface area (TPSA) is 144 Å². The maximum absolute atomic E-state index is 10.0. The zero-order valence-corrected chi connectivity index (χ0v) is 18.8. The zero-order valence-electron chi connectivity index (χ0n) is 18.0. The van der Waals surface area contributed by atoms with Gasteiger partial charge in [0, 0.05) is 17.5 Å². The van der Waals surface area contributed by atoms with Gasteiger partial charge in [-0.15, -0.1) is 5.10 Å². The number of benzene rings is 1. The first-order valence-corrected chi connectivity index (χ1v) is 10.9. The van der Waals surface area contributed by atoms with E-state index in [0.29, 0.717) is 34.1 Å².